The van der Waals surface area contributed by atoms with E-state index in [-0.39, 0.29) is 0 Å². The Morgan fingerprint density at radius 1 is 0.389 bits per heavy atom. The van der Waals surface area contributed by atoms with Crippen LogP contribution < -0.4 is 0 Å². The van der Waals surface area contributed by atoms with E-state index >= 15 is 0 Å². The molecule has 0 aliphatic carbocycles. The topological polar surface area (TPSA) is 25.8 Å². The summed E-state index contributed by atoms with van der Waals surface area (Å²) in [5, 5.41) is 7.69. The van der Waals surface area contributed by atoms with Gasteiger partial charge in [-0.2, -0.15) is 0 Å². The van der Waals surface area contributed by atoms with Crippen LogP contribution in [0.25, 0.3) is 66.1 Å². The van der Waals surface area contributed by atoms with Gasteiger partial charge in [-0.3, -0.25) is 0 Å². The molecule has 0 bridgehead atoms. The lowest BCUT2D eigenvalue weighted by Gasteiger charge is -2.14. The molecule has 1 aromatic heterocycles. The fourth-order valence-corrected chi connectivity index (χ4v) is 5.27. The maximum Gasteiger partial charge on any atom is 0.159 e. The Labute approximate surface area is 209 Å². The SMILES string of the molecule is c1ccc(-c2nccc(-c3ccccc3-c3ccc4c5ccccc5c5ccccc5c4c3)n2)cc1. The molecule has 0 spiro atoms. The number of hydrogen-bond acceptors (Lipinski definition) is 2. The Hall–Kier alpha value is -4.82. The van der Waals surface area contributed by atoms with E-state index in [0.717, 1.165) is 28.2 Å². The van der Waals surface area contributed by atoms with Gasteiger partial charge in [-0.05, 0) is 55.6 Å². The van der Waals surface area contributed by atoms with Gasteiger partial charge in [0.05, 0.1) is 5.69 Å². The minimum Gasteiger partial charge on any atom is -0.237 e. The Bertz CT molecular complexity index is 1850. The average molecular weight is 459 g/mol. The summed E-state index contributed by atoms with van der Waals surface area (Å²) >= 11 is 0. The van der Waals surface area contributed by atoms with Crippen LogP contribution in [0.3, 0.4) is 0 Å². The molecule has 0 radical (unpaired) electrons. The third-order valence-electron chi connectivity index (χ3n) is 6.95. The van der Waals surface area contributed by atoms with Crippen molar-refractivity contribution in [2.45, 2.75) is 0 Å². The molecule has 0 saturated carbocycles. The lowest BCUT2D eigenvalue weighted by molar-refractivity contribution is 1.18. The van der Waals surface area contributed by atoms with Crippen LogP contribution >= 0.6 is 0 Å². The molecule has 0 amide bonds. The smallest absolute Gasteiger partial charge is 0.159 e. The first-order valence-corrected chi connectivity index (χ1v) is 12.2. The number of aromatic nitrogens is 2. The van der Waals surface area contributed by atoms with Crippen LogP contribution in [-0.4, -0.2) is 9.97 Å². The van der Waals surface area contributed by atoms with E-state index in [1.54, 1.807) is 0 Å². The predicted octanol–water partition coefficient (Wildman–Crippen LogP) is 8.94. The fourth-order valence-electron chi connectivity index (χ4n) is 5.27. The number of rotatable bonds is 3. The normalized spacial score (nSPS) is 11.3. The van der Waals surface area contributed by atoms with Crippen molar-refractivity contribution in [3.8, 4) is 33.8 Å². The van der Waals surface area contributed by atoms with Crippen molar-refractivity contribution in [1.29, 1.82) is 0 Å². The van der Waals surface area contributed by atoms with Crippen LogP contribution in [0, 0.1) is 0 Å². The van der Waals surface area contributed by atoms with Gasteiger partial charge in [0.25, 0.3) is 0 Å². The standard InChI is InChI=1S/C34H22N2/c1-2-10-23(11-3-1)34-35-21-20-33(36-34)31-17-9-4-12-25(31)24-18-19-30-28-15-6-5-13-26(28)27-14-7-8-16-29(27)32(30)22-24/h1-22H. The Kier molecular flexibility index (Phi) is 4.82. The lowest BCUT2D eigenvalue weighted by Crippen LogP contribution is -1.93. The molecule has 168 valence electrons. The highest BCUT2D eigenvalue weighted by Crippen LogP contribution is 2.39. The highest BCUT2D eigenvalue weighted by Gasteiger charge is 2.13. The van der Waals surface area contributed by atoms with Crippen molar-refractivity contribution in [1.82, 2.24) is 9.97 Å². The quantitative estimate of drug-likeness (QED) is 0.247. The summed E-state index contributed by atoms with van der Waals surface area (Å²) in [6.45, 7) is 0. The van der Waals surface area contributed by atoms with E-state index in [1.165, 1.54) is 37.9 Å². The van der Waals surface area contributed by atoms with E-state index < -0.39 is 0 Å². The molecule has 0 fully saturated rings. The summed E-state index contributed by atoms with van der Waals surface area (Å²) in [5.41, 5.74) is 5.37. The zero-order chi connectivity index (χ0) is 23.9. The molecule has 36 heavy (non-hydrogen) atoms. The third kappa shape index (κ3) is 3.35. The number of fused-ring (bicyclic) bond motifs is 6. The van der Waals surface area contributed by atoms with Gasteiger partial charge in [0, 0.05) is 17.3 Å². The first kappa shape index (κ1) is 20.5. The zero-order valence-electron chi connectivity index (χ0n) is 19.6. The van der Waals surface area contributed by atoms with E-state index in [2.05, 4.69) is 96.0 Å². The van der Waals surface area contributed by atoms with E-state index in [0.29, 0.717) is 0 Å². The predicted molar refractivity (Wildman–Crippen MR) is 151 cm³/mol. The van der Waals surface area contributed by atoms with Crippen molar-refractivity contribution in [3.05, 3.63) is 134 Å². The van der Waals surface area contributed by atoms with Crippen molar-refractivity contribution < 1.29 is 0 Å². The Morgan fingerprint density at radius 3 is 1.64 bits per heavy atom. The molecule has 7 aromatic rings. The van der Waals surface area contributed by atoms with Gasteiger partial charge < -0.3 is 0 Å². The largest absolute Gasteiger partial charge is 0.237 e. The molecule has 0 saturated heterocycles. The molecule has 0 N–H and O–H groups in total. The van der Waals surface area contributed by atoms with Crippen molar-refractivity contribution >= 4 is 32.3 Å². The van der Waals surface area contributed by atoms with Gasteiger partial charge in [-0.15, -0.1) is 0 Å². The summed E-state index contributed by atoms with van der Waals surface area (Å²) in [7, 11) is 0. The van der Waals surface area contributed by atoms with Crippen molar-refractivity contribution in [2.24, 2.45) is 0 Å². The molecule has 0 unspecified atom stereocenters. The van der Waals surface area contributed by atoms with Gasteiger partial charge in [0.2, 0.25) is 0 Å². The van der Waals surface area contributed by atoms with Crippen molar-refractivity contribution in [2.75, 3.05) is 0 Å². The minimum absolute atomic E-state index is 0.735. The van der Waals surface area contributed by atoms with Crippen LogP contribution in [0.5, 0.6) is 0 Å². The average Bonchev–Trinajstić information content (AvgIpc) is 2.97. The summed E-state index contributed by atoms with van der Waals surface area (Å²) in [5.74, 6) is 0.735. The highest BCUT2D eigenvalue weighted by atomic mass is 14.9. The van der Waals surface area contributed by atoms with Crippen LogP contribution in [0.15, 0.2) is 134 Å². The maximum atomic E-state index is 4.94. The van der Waals surface area contributed by atoms with Gasteiger partial charge in [-0.25, -0.2) is 9.97 Å². The van der Waals surface area contributed by atoms with Crippen LogP contribution in [0.2, 0.25) is 0 Å². The van der Waals surface area contributed by atoms with Crippen LogP contribution in [-0.2, 0) is 0 Å². The molecule has 2 heteroatoms. The Balaban J connectivity index is 1.45. The molecule has 1 heterocycles. The second-order valence-corrected chi connectivity index (χ2v) is 9.03. The lowest BCUT2D eigenvalue weighted by atomic mass is 9.90. The summed E-state index contributed by atoms with van der Waals surface area (Å²) < 4.78 is 0. The third-order valence-corrected chi connectivity index (χ3v) is 6.95. The molecule has 2 nitrogen and oxygen atoms in total. The Morgan fingerprint density at radius 2 is 0.944 bits per heavy atom. The van der Waals surface area contributed by atoms with Gasteiger partial charge in [0.1, 0.15) is 0 Å². The first-order chi connectivity index (χ1) is 17.9. The molecule has 0 atom stereocenters. The number of nitrogens with zero attached hydrogens (tertiary/aromatic N) is 2. The second-order valence-electron chi connectivity index (χ2n) is 9.03. The van der Waals surface area contributed by atoms with Crippen LogP contribution in [0.4, 0.5) is 0 Å². The first-order valence-electron chi connectivity index (χ1n) is 12.2. The van der Waals surface area contributed by atoms with Gasteiger partial charge in [-0.1, -0.05) is 115 Å². The fraction of sp³-hybridized carbons (Fsp3) is 0. The molecule has 6 aromatic carbocycles. The minimum atomic E-state index is 0.735. The van der Waals surface area contributed by atoms with E-state index in [1.807, 2.05) is 42.6 Å². The van der Waals surface area contributed by atoms with Crippen LogP contribution in [0.1, 0.15) is 0 Å². The molecule has 0 aliphatic heterocycles. The molecule has 0 aliphatic rings. The highest BCUT2D eigenvalue weighted by molar-refractivity contribution is 6.25. The summed E-state index contributed by atoms with van der Waals surface area (Å²) in [4.78, 5) is 9.47. The second kappa shape index (κ2) is 8.44. The number of hydrogen-bond donors (Lipinski definition) is 0. The number of benzene rings is 6. The monoisotopic (exact) mass is 458 g/mol. The van der Waals surface area contributed by atoms with Crippen molar-refractivity contribution in [3.63, 3.8) is 0 Å². The van der Waals surface area contributed by atoms with Gasteiger partial charge in [0.15, 0.2) is 5.82 Å². The summed E-state index contributed by atoms with van der Waals surface area (Å²) in [6, 6.07) is 44.9. The molecular formula is C34H22N2. The van der Waals surface area contributed by atoms with Gasteiger partial charge >= 0.3 is 0 Å². The molecule has 7 rings (SSSR count). The zero-order valence-corrected chi connectivity index (χ0v) is 19.6. The maximum absolute atomic E-state index is 4.94. The van der Waals surface area contributed by atoms with E-state index in [4.69, 9.17) is 4.98 Å². The van der Waals surface area contributed by atoms with E-state index in [9.17, 15) is 0 Å². The molecular weight excluding hydrogens is 436 g/mol. The summed E-state index contributed by atoms with van der Waals surface area (Å²) in [6.07, 6.45) is 1.85.